The molecule has 1 rings (SSSR count). The summed E-state index contributed by atoms with van der Waals surface area (Å²) in [6, 6.07) is 8.59. The summed E-state index contributed by atoms with van der Waals surface area (Å²) in [7, 11) is 1.09. The third kappa shape index (κ3) is 4.80. The number of carbonyl (C=O) groups excluding carboxylic acids is 1. The van der Waals surface area contributed by atoms with Crippen LogP contribution in [0, 0.1) is 0 Å². The van der Waals surface area contributed by atoms with Crippen molar-refractivity contribution in [2.75, 3.05) is 19.1 Å². The average Bonchev–Trinajstić information content (AvgIpc) is 2.53. The molecule has 0 aliphatic heterocycles. The predicted octanol–water partition coefficient (Wildman–Crippen LogP) is -1.30. The molecule has 0 saturated carbocycles. The molecule has 0 heterocycles. The van der Waals surface area contributed by atoms with Crippen LogP contribution in [0.1, 0.15) is 0 Å². The van der Waals surface area contributed by atoms with Gasteiger partial charge in [0, 0.05) is 0 Å². The zero-order valence-electron chi connectivity index (χ0n) is 11.4. The number of para-hydroxylation sites is 1. The van der Waals surface area contributed by atoms with E-state index in [1.54, 1.807) is 30.3 Å². The van der Waals surface area contributed by atoms with Gasteiger partial charge in [0.05, 0.1) is 19.4 Å². The number of hydrazone groups is 1. The monoisotopic (exact) mass is 298 g/mol. The lowest BCUT2D eigenvalue weighted by Crippen LogP contribution is -2.46. The number of esters is 1. The van der Waals surface area contributed by atoms with Gasteiger partial charge in [0.25, 0.3) is 0 Å². The van der Waals surface area contributed by atoms with Crippen molar-refractivity contribution in [2.45, 2.75) is 18.3 Å². The van der Waals surface area contributed by atoms with Crippen LogP contribution in [0.15, 0.2) is 35.4 Å². The fourth-order valence-electron chi connectivity index (χ4n) is 1.45. The molecule has 0 spiro atoms. The number of nitrogens with zero attached hydrogens (tertiary/aromatic N) is 1. The quantitative estimate of drug-likeness (QED) is 0.240. The number of benzene rings is 1. The van der Waals surface area contributed by atoms with E-state index < -0.39 is 36.6 Å². The SMILES string of the molecule is COC(=O)/C(=N\Nc1ccccc1)[C@H](O)[C@H](O)[C@@H](O)CO. The van der Waals surface area contributed by atoms with Crippen molar-refractivity contribution >= 4 is 17.4 Å². The third-order valence-electron chi connectivity index (χ3n) is 2.66. The Balaban J connectivity index is 2.92. The van der Waals surface area contributed by atoms with Gasteiger partial charge in [-0.3, -0.25) is 5.43 Å². The van der Waals surface area contributed by atoms with Crippen LogP contribution in [0.5, 0.6) is 0 Å². The van der Waals surface area contributed by atoms with Gasteiger partial charge in [-0.15, -0.1) is 0 Å². The fourth-order valence-corrected chi connectivity index (χ4v) is 1.45. The van der Waals surface area contributed by atoms with E-state index in [2.05, 4.69) is 15.3 Å². The first-order chi connectivity index (χ1) is 10.0. The van der Waals surface area contributed by atoms with Crippen LogP contribution >= 0.6 is 0 Å². The van der Waals surface area contributed by atoms with E-state index in [-0.39, 0.29) is 0 Å². The number of rotatable bonds is 7. The molecule has 1 aromatic carbocycles. The first-order valence-corrected chi connectivity index (χ1v) is 6.13. The maximum Gasteiger partial charge on any atom is 0.357 e. The second-order valence-electron chi connectivity index (χ2n) is 4.15. The van der Waals surface area contributed by atoms with Gasteiger partial charge in [0.1, 0.15) is 18.3 Å². The van der Waals surface area contributed by atoms with E-state index >= 15 is 0 Å². The van der Waals surface area contributed by atoms with Crippen LogP contribution in [0.25, 0.3) is 0 Å². The molecule has 5 N–H and O–H groups in total. The van der Waals surface area contributed by atoms with Crippen molar-refractivity contribution in [1.82, 2.24) is 0 Å². The lowest BCUT2D eigenvalue weighted by atomic mass is 10.0. The summed E-state index contributed by atoms with van der Waals surface area (Å²) in [5.74, 6) is -0.977. The molecule has 0 fully saturated rings. The second-order valence-corrected chi connectivity index (χ2v) is 4.15. The summed E-state index contributed by atoms with van der Waals surface area (Å²) in [5.41, 5.74) is 2.54. The molecule has 0 unspecified atom stereocenters. The highest BCUT2D eigenvalue weighted by Crippen LogP contribution is 2.08. The number of nitrogens with one attached hydrogen (secondary N) is 1. The maximum absolute atomic E-state index is 11.6. The van der Waals surface area contributed by atoms with Gasteiger partial charge in [0.15, 0.2) is 5.71 Å². The fraction of sp³-hybridized carbons (Fsp3) is 0.385. The van der Waals surface area contributed by atoms with E-state index in [9.17, 15) is 20.1 Å². The van der Waals surface area contributed by atoms with Crippen LogP contribution in [0.2, 0.25) is 0 Å². The largest absolute Gasteiger partial charge is 0.464 e. The molecule has 0 amide bonds. The van der Waals surface area contributed by atoms with Gasteiger partial charge >= 0.3 is 5.97 Å². The Bertz CT molecular complexity index is 479. The number of carbonyl (C=O) groups is 1. The van der Waals surface area contributed by atoms with Crippen molar-refractivity contribution in [1.29, 1.82) is 0 Å². The topological polar surface area (TPSA) is 132 Å². The highest BCUT2D eigenvalue weighted by atomic mass is 16.5. The minimum Gasteiger partial charge on any atom is -0.464 e. The average molecular weight is 298 g/mol. The molecule has 0 saturated heterocycles. The van der Waals surface area contributed by atoms with Crippen molar-refractivity contribution < 1.29 is 30.0 Å². The highest BCUT2D eigenvalue weighted by molar-refractivity contribution is 6.38. The number of hydrogen-bond acceptors (Lipinski definition) is 8. The Labute approximate surface area is 121 Å². The zero-order chi connectivity index (χ0) is 15.8. The smallest absolute Gasteiger partial charge is 0.357 e. The van der Waals surface area contributed by atoms with E-state index in [1.165, 1.54) is 0 Å². The second kappa shape index (κ2) is 8.32. The highest BCUT2D eigenvalue weighted by Gasteiger charge is 2.33. The summed E-state index contributed by atoms with van der Waals surface area (Å²) >= 11 is 0. The Kier molecular flexibility index (Phi) is 6.76. The lowest BCUT2D eigenvalue weighted by Gasteiger charge is -2.21. The number of aliphatic hydroxyl groups is 4. The van der Waals surface area contributed by atoms with Crippen LogP contribution in [0.4, 0.5) is 5.69 Å². The number of anilines is 1. The molecule has 0 aromatic heterocycles. The number of methoxy groups -OCH3 is 1. The molecule has 3 atom stereocenters. The lowest BCUT2D eigenvalue weighted by molar-refractivity contribution is -0.134. The van der Waals surface area contributed by atoms with E-state index in [0.29, 0.717) is 5.69 Å². The summed E-state index contributed by atoms with van der Waals surface area (Å²) < 4.78 is 4.46. The van der Waals surface area contributed by atoms with Gasteiger partial charge < -0.3 is 25.2 Å². The van der Waals surface area contributed by atoms with Gasteiger partial charge in [0.2, 0.25) is 0 Å². The summed E-state index contributed by atoms with van der Waals surface area (Å²) in [4.78, 5) is 11.6. The van der Waals surface area contributed by atoms with Gasteiger partial charge in [-0.2, -0.15) is 5.10 Å². The number of aliphatic hydroxyl groups excluding tert-OH is 4. The molecule has 1 aromatic rings. The predicted molar refractivity (Wildman–Crippen MR) is 74.6 cm³/mol. The van der Waals surface area contributed by atoms with E-state index in [0.717, 1.165) is 7.11 Å². The van der Waals surface area contributed by atoms with Crippen molar-refractivity contribution in [3.8, 4) is 0 Å². The van der Waals surface area contributed by atoms with Gasteiger partial charge in [-0.05, 0) is 12.1 Å². The maximum atomic E-state index is 11.6. The van der Waals surface area contributed by atoms with E-state index in [1.807, 2.05) is 0 Å². The van der Waals surface area contributed by atoms with Crippen LogP contribution in [0.3, 0.4) is 0 Å². The summed E-state index contributed by atoms with van der Waals surface area (Å²) in [6.07, 6.45) is -5.23. The van der Waals surface area contributed by atoms with Crippen molar-refractivity contribution in [2.24, 2.45) is 5.10 Å². The number of hydrogen-bond donors (Lipinski definition) is 5. The molecule has 0 aliphatic carbocycles. The summed E-state index contributed by atoms with van der Waals surface area (Å²) in [5, 5.41) is 41.2. The van der Waals surface area contributed by atoms with Crippen molar-refractivity contribution in [3.63, 3.8) is 0 Å². The molecule has 0 bridgehead atoms. The standard InChI is InChI=1S/C13H18N2O6/c1-21-13(20)10(12(19)11(18)9(17)7-16)15-14-8-5-3-2-4-6-8/h2-6,9,11-12,14,16-19H,7H2,1H3/b15-10-/t9-,11+,12-/m0/s1. The molecular weight excluding hydrogens is 280 g/mol. The van der Waals surface area contributed by atoms with E-state index in [4.69, 9.17) is 5.11 Å². The van der Waals surface area contributed by atoms with Gasteiger partial charge in [-0.1, -0.05) is 18.2 Å². The molecule has 0 aliphatic rings. The Morgan fingerprint density at radius 1 is 1.29 bits per heavy atom. The van der Waals surface area contributed by atoms with Crippen LogP contribution < -0.4 is 5.43 Å². The van der Waals surface area contributed by atoms with Crippen LogP contribution in [-0.4, -0.2) is 64.1 Å². The Hall–Kier alpha value is -2.00. The summed E-state index contributed by atoms with van der Waals surface area (Å²) in [6.45, 7) is -0.779. The first kappa shape index (κ1) is 17.1. The molecule has 116 valence electrons. The normalized spacial score (nSPS) is 16.0. The molecule has 8 nitrogen and oxygen atoms in total. The molecule has 0 radical (unpaired) electrons. The number of ether oxygens (including phenoxy) is 1. The van der Waals surface area contributed by atoms with Crippen LogP contribution in [-0.2, 0) is 9.53 Å². The first-order valence-electron chi connectivity index (χ1n) is 6.13. The molecular formula is C13H18N2O6. The van der Waals surface area contributed by atoms with Gasteiger partial charge in [-0.25, -0.2) is 4.79 Å². The minimum atomic E-state index is -1.82. The Morgan fingerprint density at radius 3 is 2.43 bits per heavy atom. The molecule has 8 heteroatoms. The third-order valence-corrected chi connectivity index (χ3v) is 2.66. The zero-order valence-corrected chi connectivity index (χ0v) is 11.4. The minimum absolute atomic E-state index is 0.527. The molecule has 21 heavy (non-hydrogen) atoms. The Morgan fingerprint density at radius 2 is 1.90 bits per heavy atom. The van der Waals surface area contributed by atoms with Crippen molar-refractivity contribution in [3.05, 3.63) is 30.3 Å².